The molecule has 1 rings (SSSR count). The van der Waals surface area contributed by atoms with Gasteiger partial charge in [0.15, 0.2) is 5.11 Å². The van der Waals surface area contributed by atoms with Crippen molar-refractivity contribution in [1.29, 1.82) is 0 Å². The van der Waals surface area contributed by atoms with Crippen LogP contribution in [0.25, 0.3) is 0 Å². The summed E-state index contributed by atoms with van der Waals surface area (Å²) in [4.78, 5) is 0. The maximum absolute atomic E-state index is 13.8. The van der Waals surface area contributed by atoms with E-state index in [1.165, 1.54) is 13.8 Å². The Hall–Kier alpha value is -1.07. The quantitative estimate of drug-likeness (QED) is 0.265. The summed E-state index contributed by atoms with van der Waals surface area (Å²) in [6.07, 6.45) is -4.00. The monoisotopic (exact) mass is 540 g/mol. The summed E-state index contributed by atoms with van der Waals surface area (Å²) < 4.78 is 142. The molecule has 5 N–H and O–H groups in total. The zero-order valence-corrected chi connectivity index (χ0v) is 19.1. The van der Waals surface area contributed by atoms with Gasteiger partial charge in [-0.2, -0.15) is 39.5 Å². The van der Waals surface area contributed by atoms with Crippen LogP contribution in [0.5, 0.6) is 0 Å². The van der Waals surface area contributed by atoms with E-state index in [9.17, 15) is 47.9 Å². The topological polar surface area (TPSA) is 96.2 Å². The molecule has 0 bridgehead atoms. The van der Waals surface area contributed by atoms with E-state index in [1.807, 2.05) is 0 Å². The van der Waals surface area contributed by atoms with Crippen molar-refractivity contribution in [3.8, 4) is 0 Å². The molecule has 33 heavy (non-hydrogen) atoms. The summed E-state index contributed by atoms with van der Waals surface area (Å²) in [6, 6.07) is -1.60. The van der Waals surface area contributed by atoms with Crippen LogP contribution in [0.15, 0.2) is 0 Å². The fraction of sp³-hybridized carbons (Fsp3) is 0.938. The van der Waals surface area contributed by atoms with Gasteiger partial charge in [0.1, 0.15) is 0 Å². The third kappa shape index (κ3) is 6.33. The first-order valence-electron chi connectivity index (χ1n) is 9.71. The van der Waals surface area contributed by atoms with Crippen molar-refractivity contribution >= 4 is 27.4 Å². The lowest BCUT2D eigenvalue weighted by Crippen LogP contribution is -2.65. The fourth-order valence-corrected chi connectivity index (χ4v) is 4.34. The number of sulfonamides is 1. The van der Waals surface area contributed by atoms with E-state index in [-0.39, 0.29) is 17.2 Å². The van der Waals surface area contributed by atoms with Gasteiger partial charge in [0.2, 0.25) is 0 Å². The van der Waals surface area contributed by atoms with Gasteiger partial charge < -0.3 is 16.4 Å². The average molecular weight is 541 g/mol. The van der Waals surface area contributed by atoms with Crippen molar-refractivity contribution < 1.29 is 47.9 Å². The van der Waals surface area contributed by atoms with Crippen LogP contribution in [0.3, 0.4) is 0 Å². The Bertz CT molecular complexity index is 791. The van der Waals surface area contributed by atoms with Crippen LogP contribution in [0.2, 0.25) is 0 Å². The Morgan fingerprint density at radius 2 is 1.52 bits per heavy atom. The van der Waals surface area contributed by atoms with Gasteiger partial charge >= 0.3 is 23.3 Å². The third-order valence-electron chi connectivity index (χ3n) is 5.20. The van der Waals surface area contributed by atoms with E-state index in [4.69, 9.17) is 18.0 Å². The van der Waals surface area contributed by atoms with Crippen molar-refractivity contribution in [3.63, 3.8) is 0 Å². The average Bonchev–Trinajstić information content (AvgIpc) is 2.65. The molecule has 0 amide bonds. The highest BCUT2D eigenvalue weighted by Crippen LogP contribution is 2.54. The lowest BCUT2D eigenvalue weighted by atomic mass is 9.91. The van der Waals surface area contributed by atoms with Crippen molar-refractivity contribution in [2.45, 2.75) is 80.9 Å². The molecular weight excluding hydrogens is 515 g/mol. The van der Waals surface area contributed by atoms with E-state index >= 15 is 0 Å². The highest BCUT2D eigenvalue weighted by molar-refractivity contribution is 7.90. The Labute approximate surface area is 190 Å². The second-order valence-electron chi connectivity index (χ2n) is 8.04. The minimum atomic E-state index is -7.32. The number of nitrogens with one attached hydrogen (secondary N) is 3. The number of halogens is 9. The van der Waals surface area contributed by atoms with Gasteiger partial charge in [0, 0.05) is 24.7 Å². The molecule has 0 aromatic heterocycles. The number of alkyl halides is 9. The number of hydrogen-bond donors (Lipinski definition) is 4. The highest BCUT2D eigenvalue weighted by Gasteiger charge is 2.85. The predicted molar refractivity (Wildman–Crippen MR) is 106 cm³/mol. The van der Waals surface area contributed by atoms with Crippen LogP contribution in [-0.2, 0) is 10.0 Å². The summed E-state index contributed by atoms with van der Waals surface area (Å²) in [6.45, 7) is 1.86. The number of rotatable bonds is 9. The van der Waals surface area contributed by atoms with E-state index in [0.29, 0.717) is 12.8 Å². The van der Waals surface area contributed by atoms with Crippen molar-refractivity contribution in [2.24, 2.45) is 11.7 Å². The second kappa shape index (κ2) is 10.3. The molecule has 1 aliphatic carbocycles. The Balaban J connectivity index is 2.95. The lowest BCUT2D eigenvalue weighted by Gasteiger charge is -2.34. The van der Waals surface area contributed by atoms with Gasteiger partial charge in [-0.15, -0.1) is 0 Å². The van der Waals surface area contributed by atoms with E-state index in [2.05, 4.69) is 10.6 Å². The van der Waals surface area contributed by atoms with Crippen LogP contribution in [0, 0.1) is 5.92 Å². The Kier molecular flexibility index (Phi) is 9.33. The molecule has 1 saturated carbocycles. The predicted octanol–water partition coefficient (Wildman–Crippen LogP) is 3.09. The van der Waals surface area contributed by atoms with Crippen LogP contribution in [-0.4, -0.2) is 61.5 Å². The minimum Gasteiger partial charge on any atom is -0.358 e. The maximum atomic E-state index is 13.8. The zero-order valence-electron chi connectivity index (χ0n) is 17.5. The molecule has 3 atom stereocenters. The van der Waals surface area contributed by atoms with Crippen LogP contribution >= 0.6 is 12.2 Å². The number of hydrogen-bond acceptors (Lipinski definition) is 4. The number of nitrogens with two attached hydrogens (primary N) is 1. The molecule has 0 radical (unpaired) electrons. The molecule has 1 aliphatic rings. The Morgan fingerprint density at radius 3 is 1.97 bits per heavy atom. The number of thiocarbonyl (C=S) groups is 1. The molecule has 6 nitrogen and oxygen atoms in total. The molecule has 0 spiro atoms. The summed E-state index contributed by atoms with van der Waals surface area (Å²) in [5.74, 6) is -15.2. The molecule has 0 heterocycles. The largest absolute Gasteiger partial charge is 0.460 e. The van der Waals surface area contributed by atoms with Gasteiger partial charge in [-0.3, -0.25) is 0 Å². The lowest BCUT2D eigenvalue weighted by molar-refractivity contribution is -0.382. The van der Waals surface area contributed by atoms with E-state index < -0.39 is 51.8 Å². The van der Waals surface area contributed by atoms with E-state index in [0.717, 1.165) is 17.6 Å². The molecular formula is C16H25F9N4O2S2. The first kappa shape index (κ1) is 30.0. The normalized spacial score (nSPS) is 22.2. The van der Waals surface area contributed by atoms with Gasteiger partial charge in [-0.1, -0.05) is 26.7 Å². The van der Waals surface area contributed by atoms with Gasteiger partial charge in [-0.25, -0.2) is 13.1 Å². The molecule has 0 aromatic rings. The summed E-state index contributed by atoms with van der Waals surface area (Å²) >= 11 is 5.07. The molecule has 1 fully saturated rings. The smallest absolute Gasteiger partial charge is 0.358 e. The van der Waals surface area contributed by atoms with Gasteiger partial charge in [0.25, 0.3) is 10.0 Å². The molecule has 0 aliphatic heterocycles. The summed E-state index contributed by atoms with van der Waals surface area (Å²) in [5.41, 5.74) is 5.95. The maximum Gasteiger partial charge on any atom is 0.460 e. The van der Waals surface area contributed by atoms with Crippen molar-refractivity contribution in [1.82, 2.24) is 15.4 Å². The fourth-order valence-electron chi connectivity index (χ4n) is 2.99. The van der Waals surface area contributed by atoms with Crippen LogP contribution in [0.1, 0.15) is 39.5 Å². The Morgan fingerprint density at radius 1 is 1.00 bits per heavy atom. The molecule has 0 saturated heterocycles. The molecule has 0 unspecified atom stereocenters. The SMILES string of the molecule is CC(C)[C@@H](CNS(=O)(=O)C(F)(F)C(F)(F)C(F)(F)C(F)(F)F)NC(=S)N[C@@H]1CCCC[C@H]1N. The highest BCUT2D eigenvalue weighted by atomic mass is 32.2. The minimum absolute atomic E-state index is 0.0593. The van der Waals surface area contributed by atoms with Crippen molar-refractivity contribution in [3.05, 3.63) is 0 Å². The summed E-state index contributed by atoms with van der Waals surface area (Å²) in [7, 11) is -6.70. The van der Waals surface area contributed by atoms with Gasteiger partial charge in [-0.05, 0) is 31.0 Å². The molecule has 0 aromatic carbocycles. The zero-order chi connectivity index (χ0) is 26.0. The first-order valence-corrected chi connectivity index (χ1v) is 11.6. The second-order valence-corrected chi connectivity index (χ2v) is 10.3. The van der Waals surface area contributed by atoms with Crippen molar-refractivity contribution in [2.75, 3.05) is 6.54 Å². The van der Waals surface area contributed by atoms with Gasteiger partial charge in [0.05, 0.1) is 0 Å². The van der Waals surface area contributed by atoms with Crippen LogP contribution in [0.4, 0.5) is 39.5 Å². The molecule has 196 valence electrons. The molecule has 17 heteroatoms. The summed E-state index contributed by atoms with van der Waals surface area (Å²) in [5, 5.41) is -1.41. The van der Waals surface area contributed by atoms with Crippen LogP contribution < -0.4 is 21.1 Å². The first-order chi connectivity index (χ1) is 14.7. The van der Waals surface area contributed by atoms with E-state index in [1.54, 1.807) is 0 Å². The standard InChI is InChI=1S/C16H25F9N4O2S2/c1-8(2)11(29-12(32)28-10-6-4-3-5-9(10)26)7-27-33(30,31)16(24,25)14(19,20)13(17,18)15(21,22)23/h8-11,27H,3-7,26H2,1-2H3,(H2,28,29,32)/t9-,10-,11-/m1/s1. The third-order valence-corrected chi connectivity index (χ3v) is 6.92.